The van der Waals surface area contributed by atoms with Crippen molar-refractivity contribution in [3.05, 3.63) is 65.4 Å². The molecule has 8 heteroatoms. The minimum atomic E-state index is -0.710. The fourth-order valence-electron chi connectivity index (χ4n) is 4.79. The maximum atomic E-state index is 13.3. The van der Waals surface area contributed by atoms with Crippen molar-refractivity contribution < 1.29 is 24.2 Å². The standard InChI is InChI=1S/C26H27N3O5/c1-28-11-13-34-21-9-8-16(14-20(21)28)24(30)22-23(18-15-27-19-7-4-3-6-17(18)19)29(10-5-12-33-2)26(32)25(22)31/h3-4,6-9,14-15,23,27,30H,5,10-13H2,1-2H3/b24-22+. The maximum Gasteiger partial charge on any atom is 0.295 e. The highest BCUT2D eigenvalue weighted by molar-refractivity contribution is 6.46. The topological polar surface area (TPSA) is 95.1 Å². The number of hydrogen-bond acceptors (Lipinski definition) is 6. The quantitative estimate of drug-likeness (QED) is 0.253. The molecule has 8 nitrogen and oxygen atoms in total. The molecule has 1 unspecified atom stereocenters. The van der Waals surface area contributed by atoms with E-state index in [1.54, 1.807) is 25.3 Å². The number of aromatic amines is 1. The number of methoxy groups -OCH3 is 1. The van der Waals surface area contributed by atoms with E-state index < -0.39 is 17.7 Å². The van der Waals surface area contributed by atoms with Crippen LogP contribution in [0.2, 0.25) is 0 Å². The number of amides is 1. The highest BCUT2D eigenvalue weighted by atomic mass is 16.5. The molecule has 1 saturated heterocycles. The number of anilines is 1. The van der Waals surface area contributed by atoms with Crippen molar-refractivity contribution in [2.75, 3.05) is 45.4 Å². The summed E-state index contributed by atoms with van der Waals surface area (Å²) in [6, 6.07) is 12.3. The molecule has 0 spiro atoms. The molecule has 3 heterocycles. The lowest BCUT2D eigenvalue weighted by atomic mass is 9.94. The largest absolute Gasteiger partial charge is 0.507 e. The molecule has 1 aromatic heterocycles. The minimum absolute atomic E-state index is 0.0894. The number of Topliss-reactive ketones (excluding diaryl/α,β-unsaturated/α-hetero) is 1. The zero-order chi connectivity index (χ0) is 23.8. The first-order valence-electron chi connectivity index (χ1n) is 11.3. The van der Waals surface area contributed by atoms with Crippen molar-refractivity contribution in [2.24, 2.45) is 0 Å². The molecule has 0 bridgehead atoms. The number of nitrogens with one attached hydrogen (secondary N) is 1. The van der Waals surface area contributed by atoms with E-state index >= 15 is 0 Å². The number of carbonyl (C=O) groups is 2. The van der Waals surface area contributed by atoms with E-state index in [4.69, 9.17) is 9.47 Å². The first-order chi connectivity index (χ1) is 16.5. The SMILES string of the molecule is COCCCN1C(=O)C(=O)/C(=C(/O)c2ccc3c(c2)N(C)CCO3)C1c1c[nH]c2ccccc12. The molecular formula is C26H27N3O5. The zero-order valence-corrected chi connectivity index (χ0v) is 19.2. The molecule has 3 aromatic rings. The summed E-state index contributed by atoms with van der Waals surface area (Å²) < 4.78 is 10.9. The number of rotatable bonds is 6. The van der Waals surface area contributed by atoms with Gasteiger partial charge in [0.15, 0.2) is 0 Å². The highest BCUT2D eigenvalue weighted by Gasteiger charge is 2.46. The van der Waals surface area contributed by atoms with E-state index in [2.05, 4.69) is 4.98 Å². The van der Waals surface area contributed by atoms with Gasteiger partial charge in [-0.15, -0.1) is 0 Å². The predicted molar refractivity (Wildman–Crippen MR) is 129 cm³/mol. The van der Waals surface area contributed by atoms with E-state index in [1.165, 1.54) is 4.90 Å². The fraction of sp³-hybridized carbons (Fsp3) is 0.308. The number of carbonyl (C=O) groups excluding carboxylic acids is 2. The molecule has 1 amide bonds. The Balaban J connectivity index is 1.65. The van der Waals surface area contributed by atoms with Crippen LogP contribution in [0.4, 0.5) is 5.69 Å². The minimum Gasteiger partial charge on any atom is -0.507 e. The van der Waals surface area contributed by atoms with Crippen LogP contribution in [-0.4, -0.2) is 67.1 Å². The Hall–Kier alpha value is -3.78. The van der Waals surface area contributed by atoms with Crippen LogP contribution in [0.5, 0.6) is 5.75 Å². The lowest BCUT2D eigenvalue weighted by Crippen LogP contribution is -2.31. The average Bonchev–Trinajstić information content (AvgIpc) is 3.38. The fourth-order valence-corrected chi connectivity index (χ4v) is 4.79. The number of H-pyrrole nitrogens is 1. The third-order valence-electron chi connectivity index (χ3n) is 6.53. The Morgan fingerprint density at radius 3 is 2.88 bits per heavy atom. The van der Waals surface area contributed by atoms with E-state index in [0.717, 1.165) is 34.4 Å². The number of aromatic nitrogens is 1. The molecule has 0 radical (unpaired) electrons. The summed E-state index contributed by atoms with van der Waals surface area (Å²) in [5, 5.41) is 12.3. The van der Waals surface area contributed by atoms with E-state index in [9.17, 15) is 14.7 Å². The molecule has 34 heavy (non-hydrogen) atoms. The summed E-state index contributed by atoms with van der Waals surface area (Å²) in [6.45, 7) is 2.10. The van der Waals surface area contributed by atoms with Gasteiger partial charge in [0.2, 0.25) is 0 Å². The van der Waals surface area contributed by atoms with Crippen LogP contribution < -0.4 is 9.64 Å². The number of para-hydroxylation sites is 1. The molecule has 2 aromatic carbocycles. The van der Waals surface area contributed by atoms with Gasteiger partial charge in [0, 0.05) is 55.5 Å². The Bertz CT molecular complexity index is 1290. The number of ketones is 1. The van der Waals surface area contributed by atoms with Gasteiger partial charge in [-0.3, -0.25) is 9.59 Å². The lowest BCUT2D eigenvalue weighted by molar-refractivity contribution is -0.140. The Morgan fingerprint density at radius 1 is 1.24 bits per heavy atom. The number of ether oxygens (including phenoxy) is 2. The second kappa shape index (κ2) is 8.87. The molecular weight excluding hydrogens is 434 g/mol. The van der Waals surface area contributed by atoms with Gasteiger partial charge in [0.25, 0.3) is 11.7 Å². The van der Waals surface area contributed by atoms with Crippen molar-refractivity contribution in [1.29, 1.82) is 0 Å². The van der Waals surface area contributed by atoms with Crippen LogP contribution in [0.25, 0.3) is 16.7 Å². The van der Waals surface area contributed by atoms with Crippen molar-refractivity contribution in [3.63, 3.8) is 0 Å². The average molecular weight is 462 g/mol. The number of hydrogen-bond donors (Lipinski definition) is 2. The third kappa shape index (κ3) is 3.60. The van der Waals surface area contributed by atoms with Gasteiger partial charge in [0.05, 0.1) is 23.8 Å². The Morgan fingerprint density at radius 2 is 2.06 bits per heavy atom. The molecule has 0 saturated carbocycles. The number of likely N-dealkylation sites (N-methyl/N-ethyl adjacent to an activating group) is 1. The number of aliphatic hydroxyl groups is 1. The summed E-state index contributed by atoms with van der Waals surface area (Å²) in [7, 11) is 3.55. The lowest BCUT2D eigenvalue weighted by Gasteiger charge is -2.28. The van der Waals surface area contributed by atoms with Crippen molar-refractivity contribution >= 4 is 34.0 Å². The van der Waals surface area contributed by atoms with Gasteiger partial charge in [-0.25, -0.2) is 0 Å². The molecule has 5 rings (SSSR count). The second-order valence-electron chi connectivity index (χ2n) is 8.58. The summed E-state index contributed by atoms with van der Waals surface area (Å²) >= 11 is 0. The van der Waals surface area contributed by atoms with Gasteiger partial charge < -0.3 is 29.4 Å². The molecule has 1 fully saturated rings. The predicted octanol–water partition coefficient (Wildman–Crippen LogP) is 3.45. The smallest absolute Gasteiger partial charge is 0.295 e. The van der Waals surface area contributed by atoms with Crippen LogP contribution in [0.1, 0.15) is 23.6 Å². The first-order valence-corrected chi connectivity index (χ1v) is 11.3. The number of benzene rings is 2. The molecule has 0 aliphatic carbocycles. The summed E-state index contributed by atoms with van der Waals surface area (Å²) in [5.74, 6) is -0.776. The van der Waals surface area contributed by atoms with Crippen molar-refractivity contribution in [2.45, 2.75) is 12.5 Å². The van der Waals surface area contributed by atoms with Gasteiger partial charge in [-0.1, -0.05) is 18.2 Å². The Labute approximate surface area is 197 Å². The number of fused-ring (bicyclic) bond motifs is 2. The molecule has 2 aliphatic rings. The van der Waals surface area contributed by atoms with Crippen LogP contribution in [0.15, 0.2) is 54.2 Å². The van der Waals surface area contributed by atoms with Gasteiger partial charge in [-0.05, 0) is 30.7 Å². The van der Waals surface area contributed by atoms with Crippen LogP contribution >= 0.6 is 0 Å². The van der Waals surface area contributed by atoms with Crippen LogP contribution in [-0.2, 0) is 14.3 Å². The van der Waals surface area contributed by atoms with Gasteiger partial charge in [0.1, 0.15) is 18.1 Å². The molecule has 176 valence electrons. The summed E-state index contributed by atoms with van der Waals surface area (Å²) in [4.78, 5) is 33.2. The van der Waals surface area contributed by atoms with Crippen molar-refractivity contribution in [3.8, 4) is 5.75 Å². The van der Waals surface area contributed by atoms with E-state index in [0.29, 0.717) is 31.7 Å². The highest BCUT2D eigenvalue weighted by Crippen LogP contribution is 2.43. The number of nitrogens with zero attached hydrogens (tertiary/aromatic N) is 2. The Kier molecular flexibility index (Phi) is 5.75. The van der Waals surface area contributed by atoms with Crippen LogP contribution in [0.3, 0.4) is 0 Å². The molecule has 2 aliphatic heterocycles. The third-order valence-corrected chi connectivity index (χ3v) is 6.53. The van der Waals surface area contributed by atoms with E-state index in [1.807, 2.05) is 42.4 Å². The van der Waals surface area contributed by atoms with Gasteiger partial charge in [-0.2, -0.15) is 0 Å². The summed E-state index contributed by atoms with van der Waals surface area (Å²) in [6.07, 6.45) is 2.38. The van der Waals surface area contributed by atoms with Crippen molar-refractivity contribution in [1.82, 2.24) is 9.88 Å². The monoisotopic (exact) mass is 461 g/mol. The first kappa shape index (κ1) is 22.0. The molecule has 1 atom stereocenters. The van der Waals surface area contributed by atoms with E-state index in [-0.39, 0.29) is 11.3 Å². The normalized spacial score (nSPS) is 19.5. The molecule has 2 N–H and O–H groups in total. The van der Waals surface area contributed by atoms with Gasteiger partial charge >= 0.3 is 0 Å². The zero-order valence-electron chi connectivity index (χ0n) is 19.2. The maximum absolute atomic E-state index is 13.3. The van der Waals surface area contributed by atoms with Crippen LogP contribution in [0, 0.1) is 0 Å². The number of aliphatic hydroxyl groups excluding tert-OH is 1. The second-order valence-corrected chi connectivity index (χ2v) is 8.58. The number of likely N-dealkylation sites (tertiary alicyclic amines) is 1. The summed E-state index contributed by atoms with van der Waals surface area (Å²) in [5.41, 5.74) is 3.05.